The molecule has 1 amide bonds. The summed E-state index contributed by atoms with van der Waals surface area (Å²) in [5, 5.41) is 18.3. The van der Waals surface area contributed by atoms with E-state index in [0.717, 1.165) is 41.7 Å². The molecule has 10 heteroatoms. The number of halogens is 2. The lowest BCUT2D eigenvalue weighted by molar-refractivity contribution is -0.384. The maximum Gasteiger partial charge on any atom is 0.310 e. The van der Waals surface area contributed by atoms with Gasteiger partial charge in [0, 0.05) is 28.1 Å². The van der Waals surface area contributed by atoms with E-state index in [1.54, 1.807) is 12.1 Å². The molecule has 2 aliphatic rings. The minimum Gasteiger partial charge on any atom is -0.455 e. The molecule has 0 spiro atoms. The number of benzene rings is 3. The topological polar surface area (TPSA) is 102 Å². The van der Waals surface area contributed by atoms with Gasteiger partial charge >= 0.3 is 5.97 Å². The molecule has 1 aliphatic carbocycles. The highest BCUT2D eigenvalue weighted by molar-refractivity contribution is 6.31. The van der Waals surface area contributed by atoms with E-state index in [-0.39, 0.29) is 24.1 Å². The largest absolute Gasteiger partial charge is 0.455 e. The van der Waals surface area contributed by atoms with Crippen LogP contribution >= 0.6 is 23.2 Å². The van der Waals surface area contributed by atoms with Crippen LogP contribution in [0.3, 0.4) is 0 Å². The van der Waals surface area contributed by atoms with Gasteiger partial charge in [-0.3, -0.25) is 19.7 Å². The number of allylic oxidation sites excluding steroid dienone is 1. The second-order valence-corrected chi connectivity index (χ2v) is 10.6. The first kappa shape index (κ1) is 27.6. The summed E-state index contributed by atoms with van der Waals surface area (Å²) < 4.78 is 5.31. The summed E-state index contributed by atoms with van der Waals surface area (Å²) >= 11 is 12.3. The van der Waals surface area contributed by atoms with Crippen LogP contribution in [-0.2, 0) is 20.7 Å². The van der Waals surface area contributed by atoms with Gasteiger partial charge in [-0.25, -0.2) is 5.01 Å². The van der Waals surface area contributed by atoms with Crippen molar-refractivity contribution in [2.24, 2.45) is 11.0 Å². The van der Waals surface area contributed by atoms with Gasteiger partial charge in [-0.05, 0) is 71.9 Å². The Morgan fingerprint density at radius 1 is 1.05 bits per heavy atom. The van der Waals surface area contributed by atoms with Gasteiger partial charge in [0.15, 0.2) is 6.61 Å². The lowest BCUT2D eigenvalue weighted by atomic mass is 9.77. The number of carbonyl (C=O) groups excluding carboxylic acids is 2. The fourth-order valence-electron chi connectivity index (χ4n) is 5.16. The van der Waals surface area contributed by atoms with Crippen LogP contribution in [0.5, 0.6) is 0 Å². The van der Waals surface area contributed by atoms with Crippen molar-refractivity contribution in [3.63, 3.8) is 0 Å². The van der Waals surface area contributed by atoms with Crippen LogP contribution in [0.25, 0.3) is 6.08 Å². The van der Waals surface area contributed by atoms with Gasteiger partial charge < -0.3 is 4.74 Å². The Morgan fingerprint density at radius 3 is 2.50 bits per heavy atom. The lowest BCUT2D eigenvalue weighted by Gasteiger charge is -2.29. The molecular weight excluding hydrogens is 553 g/mol. The summed E-state index contributed by atoms with van der Waals surface area (Å²) in [6.07, 6.45) is 4.56. The molecule has 2 atom stereocenters. The number of hydrazone groups is 1. The fraction of sp³-hybridized carbons (Fsp3) is 0.233. The predicted molar refractivity (Wildman–Crippen MR) is 153 cm³/mol. The summed E-state index contributed by atoms with van der Waals surface area (Å²) in [5.74, 6) is -1.09. The Morgan fingerprint density at radius 2 is 1.80 bits per heavy atom. The Hall–Kier alpha value is -4.01. The minimum absolute atomic E-state index is 0.0277. The van der Waals surface area contributed by atoms with Crippen molar-refractivity contribution in [3.8, 4) is 0 Å². The molecule has 204 valence electrons. The van der Waals surface area contributed by atoms with Crippen LogP contribution in [0, 0.1) is 16.0 Å². The third-order valence-corrected chi connectivity index (χ3v) is 7.50. The molecule has 1 heterocycles. The number of ether oxygens (including phenoxy) is 1. The van der Waals surface area contributed by atoms with Crippen LogP contribution in [0.1, 0.15) is 42.0 Å². The first-order chi connectivity index (χ1) is 19.3. The fourth-order valence-corrected chi connectivity index (χ4v) is 5.48. The molecule has 5 rings (SSSR count). The quantitative estimate of drug-likeness (QED) is 0.174. The van der Waals surface area contributed by atoms with Crippen LogP contribution in [-0.4, -0.2) is 34.1 Å². The molecule has 0 aromatic heterocycles. The predicted octanol–water partition coefficient (Wildman–Crippen LogP) is 6.81. The number of esters is 1. The maximum atomic E-state index is 13.4. The molecule has 3 aromatic rings. The molecule has 2 unspecified atom stereocenters. The number of rotatable bonds is 7. The average molecular weight is 578 g/mol. The Bertz CT molecular complexity index is 1500. The number of nitrogens with zero attached hydrogens (tertiary/aromatic N) is 3. The van der Waals surface area contributed by atoms with E-state index < -0.39 is 23.4 Å². The first-order valence-electron chi connectivity index (χ1n) is 12.8. The number of amides is 1. The van der Waals surface area contributed by atoms with E-state index >= 15 is 0 Å². The number of fused-ring (bicyclic) bond motifs is 1. The summed E-state index contributed by atoms with van der Waals surface area (Å²) in [7, 11) is 0. The zero-order chi connectivity index (χ0) is 28.2. The Balaban J connectivity index is 1.36. The molecular formula is C30H25Cl2N3O5. The third-order valence-electron chi connectivity index (χ3n) is 7.01. The Kier molecular flexibility index (Phi) is 8.28. The maximum absolute atomic E-state index is 13.4. The zero-order valence-corrected chi connectivity index (χ0v) is 22.8. The van der Waals surface area contributed by atoms with Crippen LogP contribution in [0.2, 0.25) is 10.0 Å². The van der Waals surface area contributed by atoms with E-state index in [1.165, 1.54) is 29.3 Å². The number of nitro groups is 1. The van der Waals surface area contributed by atoms with E-state index in [1.807, 2.05) is 36.4 Å². The monoisotopic (exact) mass is 577 g/mol. The molecule has 0 saturated heterocycles. The van der Waals surface area contributed by atoms with Gasteiger partial charge in [0.2, 0.25) is 0 Å². The van der Waals surface area contributed by atoms with Crippen LogP contribution < -0.4 is 0 Å². The number of hydrogen-bond acceptors (Lipinski definition) is 6. The molecule has 1 aliphatic heterocycles. The molecule has 1 fully saturated rings. The average Bonchev–Trinajstić information content (AvgIpc) is 3.33. The lowest BCUT2D eigenvalue weighted by Crippen LogP contribution is -2.34. The van der Waals surface area contributed by atoms with Crippen LogP contribution in [0.15, 0.2) is 83.5 Å². The number of nitro benzene ring substituents is 1. The highest BCUT2D eigenvalue weighted by atomic mass is 35.5. The van der Waals surface area contributed by atoms with Gasteiger partial charge in [0.25, 0.3) is 11.6 Å². The third kappa shape index (κ3) is 6.24. The summed E-state index contributed by atoms with van der Waals surface area (Å²) in [6, 6.07) is 20.2. The molecule has 1 saturated carbocycles. The second-order valence-electron chi connectivity index (χ2n) is 9.70. The standard InChI is InChI=1S/C30H25Cl2N3O5/c31-23-11-9-21(10-12-23)30-26-6-2-4-22(15-20-3-1-5-24(32)16-20)29(26)33-34(30)27(36)18-40-28(37)17-19-7-13-25(14-8-19)35(38)39/h1,3,5,7-16,26,30H,2,4,6,17-18H2. The normalized spacial score (nSPS) is 19.2. The van der Waals surface area contributed by atoms with Crippen molar-refractivity contribution in [1.82, 2.24) is 5.01 Å². The van der Waals surface area contributed by atoms with Crippen molar-refractivity contribution in [2.75, 3.05) is 6.61 Å². The number of hydrogen-bond donors (Lipinski definition) is 0. The summed E-state index contributed by atoms with van der Waals surface area (Å²) in [5.41, 5.74) is 4.21. The number of non-ortho nitro benzene ring substituents is 1. The minimum atomic E-state index is -0.615. The van der Waals surface area contributed by atoms with Gasteiger partial charge in [-0.2, -0.15) is 5.10 Å². The molecule has 3 aromatic carbocycles. The van der Waals surface area contributed by atoms with E-state index in [2.05, 4.69) is 6.08 Å². The number of carbonyl (C=O) groups is 2. The summed E-state index contributed by atoms with van der Waals surface area (Å²) in [4.78, 5) is 36.2. The van der Waals surface area contributed by atoms with Gasteiger partial charge in [-0.15, -0.1) is 0 Å². The Labute approximate surface area is 241 Å². The SMILES string of the molecule is O=C(Cc1ccc([N+](=O)[O-])cc1)OCC(=O)N1N=C2C(=Cc3cccc(Cl)c3)CCCC2C1c1ccc(Cl)cc1. The van der Waals surface area contributed by atoms with Crippen molar-refractivity contribution in [1.29, 1.82) is 0 Å². The van der Waals surface area contributed by atoms with Crippen LogP contribution in [0.4, 0.5) is 5.69 Å². The van der Waals surface area contributed by atoms with Gasteiger partial charge in [0.05, 0.1) is 23.1 Å². The first-order valence-corrected chi connectivity index (χ1v) is 13.6. The molecule has 8 nitrogen and oxygen atoms in total. The smallest absolute Gasteiger partial charge is 0.310 e. The molecule has 0 bridgehead atoms. The van der Waals surface area contributed by atoms with E-state index in [0.29, 0.717) is 15.6 Å². The van der Waals surface area contributed by atoms with E-state index in [4.69, 9.17) is 33.0 Å². The highest BCUT2D eigenvalue weighted by Gasteiger charge is 2.43. The van der Waals surface area contributed by atoms with Crippen molar-refractivity contribution < 1.29 is 19.2 Å². The van der Waals surface area contributed by atoms with Crippen molar-refractivity contribution >= 4 is 52.6 Å². The highest BCUT2D eigenvalue weighted by Crippen LogP contribution is 2.44. The molecule has 0 N–H and O–H groups in total. The van der Waals surface area contributed by atoms with Crippen molar-refractivity contribution in [3.05, 3.63) is 115 Å². The molecule has 0 radical (unpaired) electrons. The summed E-state index contributed by atoms with van der Waals surface area (Å²) in [6.45, 7) is -0.479. The zero-order valence-electron chi connectivity index (χ0n) is 21.3. The van der Waals surface area contributed by atoms with Gasteiger partial charge in [-0.1, -0.05) is 59.6 Å². The van der Waals surface area contributed by atoms with Gasteiger partial charge in [0.1, 0.15) is 0 Å². The van der Waals surface area contributed by atoms with E-state index in [9.17, 15) is 19.7 Å². The van der Waals surface area contributed by atoms with Crippen molar-refractivity contribution in [2.45, 2.75) is 31.7 Å². The second kappa shape index (κ2) is 12.0. The molecule has 40 heavy (non-hydrogen) atoms.